The first-order valence-electron chi connectivity index (χ1n) is 9.38. The Morgan fingerprint density at radius 3 is 2.52 bits per heavy atom. The minimum atomic E-state index is -1.09. The van der Waals surface area contributed by atoms with Crippen LogP contribution in [0, 0.1) is 0 Å². The fourth-order valence-electron chi connectivity index (χ4n) is 3.67. The van der Waals surface area contributed by atoms with Gasteiger partial charge < -0.3 is 19.7 Å². The van der Waals surface area contributed by atoms with Crippen molar-refractivity contribution in [3.8, 4) is 0 Å². The maximum absolute atomic E-state index is 10.3. The van der Waals surface area contributed by atoms with Crippen LogP contribution < -0.4 is 0 Å². The van der Waals surface area contributed by atoms with E-state index in [-0.39, 0.29) is 6.61 Å². The van der Waals surface area contributed by atoms with Gasteiger partial charge in [-0.1, -0.05) is 48.9 Å². The fraction of sp³-hybridized carbons (Fsp3) is 0.455. The van der Waals surface area contributed by atoms with Gasteiger partial charge in [0.05, 0.1) is 18.8 Å². The van der Waals surface area contributed by atoms with Crippen molar-refractivity contribution in [3.63, 3.8) is 0 Å². The highest BCUT2D eigenvalue weighted by Crippen LogP contribution is 2.40. The number of rotatable bonds is 6. The van der Waals surface area contributed by atoms with Gasteiger partial charge in [0.1, 0.15) is 0 Å². The average molecular weight is 391 g/mol. The summed E-state index contributed by atoms with van der Waals surface area (Å²) in [5.74, 6) is -1.09. The molecule has 0 aliphatic carbocycles. The molecule has 4 nitrogen and oxygen atoms in total. The molecule has 0 spiro atoms. The summed E-state index contributed by atoms with van der Waals surface area (Å²) in [5, 5.41) is 20.4. The summed E-state index contributed by atoms with van der Waals surface area (Å²) in [6, 6.07) is 14.2. The van der Waals surface area contributed by atoms with Gasteiger partial charge in [0.2, 0.25) is 0 Å². The normalized spacial score (nSPS) is 25.5. The SMILES string of the molecule is CCc1ccc(Cc2cc(C3(OC)C[C@@H](O)C[C@@H](CO)O3)ccc2Cl)cc1. The lowest BCUT2D eigenvalue weighted by molar-refractivity contribution is -0.298. The molecule has 146 valence electrons. The lowest BCUT2D eigenvalue weighted by atomic mass is 9.91. The number of hydrogen-bond acceptors (Lipinski definition) is 4. The molecule has 1 saturated heterocycles. The highest BCUT2D eigenvalue weighted by Gasteiger charge is 2.43. The summed E-state index contributed by atoms with van der Waals surface area (Å²) in [6.07, 6.45) is 1.35. The zero-order valence-corrected chi connectivity index (χ0v) is 16.6. The summed E-state index contributed by atoms with van der Waals surface area (Å²) in [7, 11) is 1.56. The molecule has 1 heterocycles. The van der Waals surface area contributed by atoms with E-state index in [1.807, 2.05) is 18.2 Å². The molecule has 3 rings (SSSR count). The van der Waals surface area contributed by atoms with Gasteiger partial charge in [0.25, 0.3) is 0 Å². The van der Waals surface area contributed by atoms with Crippen LogP contribution in [0.25, 0.3) is 0 Å². The summed E-state index contributed by atoms with van der Waals surface area (Å²) in [4.78, 5) is 0. The quantitative estimate of drug-likeness (QED) is 0.787. The van der Waals surface area contributed by atoms with Gasteiger partial charge in [-0.2, -0.15) is 0 Å². The van der Waals surface area contributed by atoms with Crippen molar-refractivity contribution in [1.82, 2.24) is 0 Å². The zero-order chi connectivity index (χ0) is 19.4. The van der Waals surface area contributed by atoms with Gasteiger partial charge in [-0.05, 0) is 41.7 Å². The van der Waals surface area contributed by atoms with E-state index in [0.717, 1.165) is 17.5 Å². The molecule has 2 aromatic rings. The third-order valence-electron chi connectivity index (χ3n) is 5.24. The molecular weight excluding hydrogens is 364 g/mol. The van der Waals surface area contributed by atoms with Crippen molar-refractivity contribution in [2.24, 2.45) is 0 Å². The Bertz CT molecular complexity index is 761. The fourth-order valence-corrected chi connectivity index (χ4v) is 3.85. The van der Waals surface area contributed by atoms with Crippen molar-refractivity contribution >= 4 is 11.6 Å². The third-order valence-corrected chi connectivity index (χ3v) is 5.61. The first-order valence-corrected chi connectivity index (χ1v) is 9.76. The zero-order valence-electron chi connectivity index (χ0n) is 15.8. The van der Waals surface area contributed by atoms with E-state index < -0.39 is 18.0 Å². The summed E-state index contributed by atoms with van der Waals surface area (Å²) < 4.78 is 11.7. The van der Waals surface area contributed by atoms with Crippen molar-refractivity contribution < 1.29 is 19.7 Å². The third kappa shape index (κ3) is 4.53. The molecule has 2 aromatic carbocycles. The molecule has 5 heteroatoms. The van der Waals surface area contributed by atoms with Gasteiger partial charge >= 0.3 is 0 Å². The molecule has 0 saturated carbocycles. The monoisotopic (exact) mass is 390 g/mol. The molecule has 0 aromatic heterocycles. The predicted molar refractivity (Wildman–Crippen MR) is 106 cm³/mol. The van der Waals surface area contributed by atoms with Gasteiger partial charge in [-0.3, -0.25) is 0 Å². The number of hydrogen-bond donors (Lipinski definition) is 2. The molecule has 0 bridgehead atoms. The summed E-state index contributed by atoms with van der Waals surface area (Å²) in [6.45, 7) is 1.98. The highest BCUT2D eigenvalue weighted by atomic mass is 35.5. The van der Waals surface area contributed by atoms with Crippen LogP contribution in [0.2, 0.25) is 5.02 Å². The Morgan fingerprint density at radius 1 is 1.19 bits per heavy atom. The molecule has 27 heavy (non-hydrogen) atoms. The Kier molecular flexibility index (Phi) is 6.56. The molecular formula is C22H27ClO4. The number of methoxy groups -OCH3 is 1. The minimum absolute atomic E-state index is 0.160. The maximum Gasteiger partial charge on any atom is 0.197 e. The van der Waals surface area contributed by atoms with Crippen LogP contribution in [0.15, 0.2) is 42.5 Å². The van der Waals surface area contributed by atoms with E-state index >= 15 is 0 Å². The Balaban J connectivity index is 1.90. The maximum atomic E-state index is 10.3. The van der Waals surface area contributed by atoms with Gasteiger partial charge in [0, 0.05) is 30.5 Å². The smallest absolute Gasteiger partial charge is 0.197 e. The molecule has 2 N–H and O–H groups in total. The second-order valence-corrected chi connectivity index (χ2v) is 7.53. The van der Waals surface area contributed by atoms with E-state index in [1.165, 1.54) is 11.1 Å². The van der Waals surface area contributed by atoms with Crippen LogP contribution in [0.1, 0.15) is 42.0 Å². The van der Waals surface area contributed by atoms with Crippen LogP contribution >= 0.6 is 11.6 Å². The number of aryl methyl sites for hydroxylation is 1. The van der Waals surface area contributed by atoms with Crippen LogP contribution in [0.4, 0.5) is 0 Å². The molecule has 1 aliphatic heterocycles. The summed E-state index contributed by atoms with van der Waals surface area (Å²) in [5.41, 5.74) is 4.25. The van der Waals surface area contributed by atoms with E-state index in [2.05, 4.69) is 31.2 Å². The van der Waals surface area contributed by atoms with E-state index in [1.54, 1.807) is 7.11 Å². The molecule has 1 fully saturated rings. The van der Waals surface area contributed by atoms with E-state index in [0.29, 0.717) is 24.3 Å². The number of ether oxygens (including phenoxy) is 2. The van der Waals surface area contributed by atoms with Crippen LogP contribution in [0.3, 0.4) is 0 Å². The first-order chi connectivity index (χ1) is 13.0. The Labute approximate surface area is 165 Å². The number of halogens is 1. The predicted octanol–water partition coefficient (Wildman–Crippen LogP) is 3.82. The molecule has 1 unspecified atom stereocenters. The highest BCUT2D eigenvalue weighted by molar-refractivity contribution is 6.31. The van der Waals surface area contributed by atoms with Crippen LogP contribution in [0.5, 0.6) is 0 Å². The number of benzene rings is 2. The van der Waals surface area contributed by atoms with Crippen LogP contribution in [-0.2, 0) is 28.1 Å². The number of aliphatic hydroxyl groups excluding tert-OH is 2. The van der Waals surface area contributed by atoms with Gasteiger partial charge in [-0.25, -0.2) is 0 Å². The van der Waals surface area contributed by atoms with Crippen molar-refractivity contribution in [2.75, 3.05) is 13.7 Å². The summed E-state index contributed by atoms with van der Waals surface area (Å²) >= 11 is 6.45. The van der Waals surface area contributed by atoms with Crippen molar-refractivity contribution in [2.45, 2.75) is 50.6 Å². The molecule has 0 amide bonds. The Hall–Kier alpha value is -1.43. The molecule has 3 atom stereocenters. The average Bonchev–Trinajstić information content (AvgIpc) is 2.69. The first kappa shape index (κ1) is 20.3. The van der Waals surface area contributed by atoms with Crippen molar-refractivity contribution in [1.29, 1.82) is 0 Å². The second kappa shape index (κ2) is 8.72. The lowest BCUT2D eigenvalue weighted by Crippen LogP contribution is -2.46. The second-order valence-electron chi connectivity index (χ2n) is 7.13. The number of aliphatic hydroxyl groups is 2. The lowest BCUT2D eigenvalue weighted by Gasteiger charge is -2.42. The van der Waals surface area contributed by atoms with Crippen LogP contribution in [-0.4, -0.2) is 36.1 Å². The standard InChI is InChI=1S/C22H27ClO4/c1-3-15-4-6-16(7-5-15)10-17-11-18(8-9-21(17)23)22(26-2)13-19(25)12-20(14-24)27-22/h4-9,11,19-20,24-25H,3,10,12-14H2,1-2H3/t19-,20-,22?/m0/s1. The van der Waals surface area contributed by atoms with Crippen molar-refractivity contribution in [3.05, 3.63) is 69.7 Å². The van der Waals surface area contributed by atoms with E-state index in [9.17, 15) is 10.2 Å². The largest absolute Gasteiger partial charge is 0.394 e. The van der Waals surface area contributed by atoms with E-state index in [4.69, 9.17) is 21.1 Å². The topological polar surface area (TPSA) is 58.9 Å². The minimum Gasteiger partial charge on any atom is -0.394 e. The Morgan fingerprint density at radius 2 is 1.89 bits per heavy atom. The molecule has 0 radical (unpaired) electrons. The van der Waals surface area contributed by atoms with Gasteiger partial charge in [0.15, 0.2) is 5.79 Å². The molecule has 1 aliphatic rings. The van der Waals surface area contributed by atoms with Gasteiger partial charge in [-0.15, -0.1) is 0 Å².